The van der Waals surface area contributed by atoms with Crippen LogP contribution in [0.2, 0.25) is 0 Å². The molecule has 0 aromatic heterocycles. The highest BCUT2D eigenvalue weighted by Gasteiger charge is 2.35. The van der Waals surface area contributed by atoms with Gasteiger partial charge in [-0.3, -0.25) is 9.59 Å². The normalized spacial score (nSPS) is 19.6. The molecule has 134 valence electrons. The van der Waals surface area contributed by atoms with Gasteiger partial charge < -0.3 is 9.80 Å². The Morgan fingerprint density at radius 1 is 1.04 bits per heavy atom. The van der Waals surface area contributed by atoms with E-state index in [4.69, 9.17) is 0 Å². The highest BCUT2D eigenvalue weighted by molar-refractivity contribution is 6.00. The Morgan fingerprint density at radius 2 is 1.81 bits per heavy atom. The monoisotopic (exact) mass is 348 g/mol. The lowest BCUT2D eigenvalue weighted by atomic mass is 10.1. The Labute approximate surface area is 154 Å². The van der Waals surface area contributed by atoms with Crippen molar-refractivity contribution >= 4 is 17.5 Å². The molecule has 26 heavy (non-hydrogen) atoms. The summed E-state index contributed by atoms with van der Waals surface area (Å²) in [6.07, 6.45) is 3.78. The number of anilines is 1. The van der Waals surface area contributed by atoms with Crippen molar-refractivity contribution < 1.29 is 9.59 Å². The number of aryl methyl sites for hydroxylation is 2. The van der Waals surface area contributed by atoms with E-state index >= 15 is 0 Å². The van der Waals surface area contributed by atoms with Gasteiger partial charge in [-0.05, 0) is 55.0 Å². The van der Waals surface area contributed by atoms with Crippen LogP contribution in [-0.2, 0) is 28.9 Å². The topological polar surface area (TPSA) is 40.6 Å². The molecule has 2 aliphatic rings. The fourth-order valence-electron chi connectivity index (χ4n) is 4.07. The van der Waals surface area contributed by atoms with Gasteiger partial charge in [0.15, 0.2) is 0 Å². The molecule has 1 unspecified atom stereocenters. The summed E-state index contributed by atoms with van der Waals surface area (Å²) in [5.74, 6) is 0.0289. The molecule has 0 radical (unpaired) electrons. The fourth-order valence-corrected chi connectivity index (χ4v) is 4.07. The van der Waals surface area contributed by atoms with Crippen LogP contribution in [0.3, 0.4) is 0 Å². The zero-order valence-electron chi connectivity index (χ0n) is 15.1. The maximum absolute atomic E-state index is 12.9. The Kier molecular flexibility index (Phi) is 4.49. The fraction of sp³-hybridized carbons (Fsp3) is 0.364. The van der Waals surface area contributed by atoms with E-state index in [0.717, 1.165) is 24.1 Å². The smallest absolute Gasteiger partial charge is 0.249 e. The minimum absolute atomic E-state index is 0.00982. The Balaban J connectivity index is 1.47. The molecule has 4 rings (SSSR count). The molecule has 2 amide bonds. The third-order valence-electron chi connectivity index (χ3n) is 5.57. The zero-order valence-corrected chi connectivity index (χ0v) is 15.1. The first-order valence-corrected chi connectivity index (χ1v) is 9.40. The summed E-state index contributed by atoms with van der Waals surface area (Å²) in [7, 11) is 0. The molecule has 4 nitrogen and oxygen atoms in total. The van der Waals surface area contributed by atoms with Gasteiger partial charge in [0.2, 0.25) is 11.8 Å². The number of piperazine rings is 1. The molecular formula is C22H24N2O2. The van der Waals surface area contributed by atoms with E-state index in [1.165, 1.54) is 17.5 Å². The van der Waals surface area contributed by atoms with Crippen LogP contribution in [0, 0.1) is 0 Å². The summed E-state index contributed by atoms with van der Waals surface area (Å²) < 4.78 is 0. The Bertz CT molecular complexity index is 831. The number of rotatable bonds is 3. The molecule has 2 aromatic carbocycles. The van der Waals surface area contributed by atoms with Gasteiger partial charge in [-0.1, -0.05) is 36.4 Å². The predicted molar refractivity (Wildman–Crippen MR) is 102 cm³/mol. The number of hydrogen-bond donors (Lipinski definition) is 0. The number of carbonyl (C=O) groups excluding carboxylic acids is 2. The van der Waals surface area contributed by atoms with E-state index < -0.39 is 6.04 Å². The summed E-state index contributed by atoms with van der Waals surface area (Å²) in [4.78, 5) is 29.2. The molecule has 1 heterocycles. The second-order valence-corrected chi connectivity index (χ2v) is 7.22. The van der Waals surface area contributed by atoms with E-state index in [1.807, 2.05) is 42.2 Å². The lowest BCUT2D eigenvalue weighted by Crippen LogP contribution is -2.58. The molecule has 2 aromatic rings. The van der Waals surface area contributed by atoms with Gasteiger partial charge in [0, 0.05) is 18.8 Å². The summed E-state index contributed by atoms with van der Waals surface area (Å²) >= 11 is 0. The number of amides is 2. The average Bonchev–Trinajstić information content (AvgIpc) is 3.12. The minimum atomic E-state index is -0.423. The molecular weight excluding hydrogens is 324 g/mol. The molecule has 1 aliphatic heterocycles. The highest BCUT2D eigenvalue weighted by Crippen LogP contribution is 2.28. The minimum Gasteiger partial charge on any atom is -0.329 e. The van der Waals surface area contributed by atoms with Crippen molar-refractivity contribution in [2.45, 2.75) is 38.6 Å². The quantitative estimate of drug-likeness (QED) is 0.856. The highest BCUT2D eigenvalue weighted by atomic mass is 16.2. The molecule has 0 N–H and O–H groups in total. The van der Waals surface area contributed by atoms with Crippen LogP contribution >= 0.6 is 0 Å². The maximum Gasteiger partial charge on any atom is 0.249 e. The number of nitrogens with zero attached hydrogens (tertiary/aromatic N) is 2. The first-order chi connectivity index (χ1) is 12.6. The standard InChI is InChI=1S/C22H24N2O2/c1-16-22(26)24(20-11-10-18-8-5-9-19(18)15-20)13-12-23(16)21(25)14-17-6-3-2-4-7-17/h2-4,6-7,10-11,15-16H,5,8-9,12-14H2,1H3. The first kappa shape index (κ1) is 16.8. The van der Waals surface area contributed by atoms with Crippen LogP contribution in [0.1, 0.15) is 30.0 Å². The lowest BCUT2D eigenvalue weighted by molar-refractivity contribution is -0.140. The Morgan fingerprint density at radius 3 is 2.62 bits per heavy atom. The van der Waals surface area contributed by atoms with Crippen LogP contribution in [0.25, 0.3) is 0 Å². The average molecular weight is 348 g/mol. The second kappa shape index (κ2) is 6.94. The van der Waals surface area contributed by atoms with Crippen molar-refractivity contribution in [3.63, 3.8) is 0 Å². The van der Waals surface area contributed by atoms with E-state index in [2.05, 4.69) is 18.2 Å². The van der Waals surface area contributed by atoms with Crippen molar-refractivity contribution in [3.05, 3.63) is 65.2 Å². The number of hydrogen-bond acceptors (Lipinski definition) is 2. The van der Waals surface area contributed by atoms with Crippen LogP contribution < -0.4 is 4.90 Å². The number of benzene rings is 2. The van der Waals surface area contributed by atoms with Crippen molar-refractivity contribution in [1.29, 1.82) is 0 Å². The van der Waals surface area contributed by atoms with E-state index in [0.29, 0.717) is 19.5 Å². The zero-order chi connectivity index (χ0) is 18.1. The van der Waals surface area contributed by atoms with Crippen LogP contribution in [0.5, 0.6) is 0 Å². The molecule has 4 heteroatoms. The van der Waals surface area contributed by atoms with Gasteiger partial charge in [0.05, 0.1) is 6.42 Å². The third-order valence-corrected chi connectivity index (χ3v) is 5.57. The molecule has 0 bridgehead atoms. The van der Waals surface area contributed by atoms with Crippen molar-refractivity contribution in [2.75, 3.05) is 18.0 Å². The van der Waals surface area contributed by atoms with E-state index in [9.17, 15) is 9.59 Å². The summed E-state index contributed by atoms with van der Waals surface area (Å²) in [6.45, 7) is 2.98. The van der Waals surface area contributed by atoms with E-state index in [1.54, 1.807) is 4.90 Å². The van der Waals surface area contributed by atoms with Crippen molar-refractivity contribution in [3.8, 4) is 0 Å². The number of carbonyl (C=O) groups is 2. The summed E-state index contributed by atoms with van der Waals surface area (Å²) in [5.41, 5.74) is 4.73. The molecule has 0 spiro atoms. The number of fused-ring (bicyclic) bond motifs is 1. The van der Waals surface area contributed by atoms with Gasteiger partial charge in [-0.25, -0.2) is 0 Å². The molecule has 1 saturated heterocycles. The van der Waals surface area contributed by atoms with Gasteiger partial charge in [-0.2, -0.15) is 0 Å². The third kappa shape index (κ3) is 3.12. The largest absolute Gasteiger partial charge is 0.329 e. The summed E-state index contributed by atoms with van der Waals surface area (Å²) in [6, 6.07) is 15.7. The molecule has 1 fully saturated rings. The van der Waals surface area contributed by atoms with E-state index in [-0.39, 0.29) is 11.8 Å². The molecule has 1 aliphatic carbocycles. The molecule has 1 atom stereocenters. The first-order valence-electron chi connectivity index (χ1n) is 9.40. The van der Waals surface area contributed by atoms with Gasteiger partial charge in [0.25, 0.3) is 0 Å². The van der Waals surface area contributed by atoms with Crippen molar-refractivity contribution in [1.82, 2.24) is 4.90 Å². The summed E-state index contributed by atoms with van der Waals surface area (Å²) in [5, 5.41) is 0. The van der Waals surface area contributed by atoms with Crippen LogP contribution in [0.4, 0.5) is 5.69 Å². The van der Waals surface area contributed by atoms with Crippen LogP contribution in [-0.4, -0.2) is 35.8 Å². The molecule has 0 saturated carbocycles. The second-order valence-electron chi connectivity index (χ2n) is 7.22. The maximum atomic E-state index is 12.9. The lowest BCUT2D eigenvalue weighted by Gasteiger charge is -2.39. The van der Waals surface area contributed by atoms with Crippen molar-refractivity contribution in [2.24, 2.45) is 0 Å². The van der Waals surface area contributed by atoms with Gasteiger partial charge >= 0.3 is 0 Å². The van der Waals surface area contributed by atoms with Gasteiger partial charge in [0.1, 0.15) is 6.04 Å². The predicted octanol–water partition coefficient (Wildman–Crippen LogP) is 2.98. The SMILES string of the molecule is CC1C(=O)N(c2ccc3c(c2)CCC3)CCN1C(=O)Cc1ccccc1. The Hall–Kier alpha value is -2.62. The van der Waals surface area contributed by atoms with Crippen LogP contribution in [0.15, 0.2) is 48.5 Å². The van der Waals surface area contributed by atoms with Gasteiger partial charge in [-0.15, -0.1) is 0 Å².